The number of likely N-dealkylation sites (tertiary alicyclic amines) is 1. The van der Waals surface area contributed by atoms with Crippen molar-refractivity contribution in [3.05, 3.63) is 23.3 Å². The minimum absolute atomic E-state index is 0.151. The van der Waals surface area contributed by atoms with Gasteiger partial charge in [0.15, 0.2) is 11.5 Å². The van der Waals surface area contributed by atoms with Gasteiger partial charge in [0.05, 0.1) is 24.9 Å². The summed E-state index contributed by atoms with van der Waals surface area (Å²) >= 11 is 0. The van der Waals surface area contributed by atoms with Gasteiger partial charge in [0.25, 0.3) is 0 Å². The molecule has 1 spiro atoms. The van der Waals surface area contributed by atoms with E-state index in [1.54, 1.807) is 27.4 Å². The first-order chi connectivity index (χ1) is 12.9. The molecular formula is C20H27NO6. The first-order valence-corrected chi connectivity index (χ1v) is 9.48. The van der Waals surface area contributed by atoms with Gasteiger partial charge in [-0.15, -0.1) is 0 Å². The van der Waals surface area contributed by atoms with Crippen LogP contribution in [0.25, 0.3) is 0 Å². The molecule has 1 aromatic carbocycles. The van der Waals surface area contributed by atoms with Crippen molar-refractivity contribution in [3.63, 3.8) is 0 Å². The molecule has 2 aliphatic heterocycles. The van der Waals surface area contributed by atoms with Crippen LogP contribution in [0.2, 0.25) is 0 Å². The predicted molar refractivity (Wildman–Crippen MR) is 95.9 cm³/mol. The molecule has 6 atom stereocenters. The molecule has 3 fully saturated rings. The second-order valence-corrected chi connectivity index (χ2v) is 8.30. The molecule has 27 heavy (non-hydrogen) atoms. The van der Waals surface area contributed by atoms with E-state index in [9.17, 15) is 10.2 Å². The van der Waals surface area contributed by atoms with Crippen LogP contribution in [-0.4, -0.2) is 73.6 Å². The van der Waals surface area contributed by atoms with Gasteiger partial charge in [0.2, 0.25) is 5.79 Å². The third-order valence-corrected chi connectivity index (χ3v) is 7.75. The van der Waals surface area contributed by atoms with Gasteiger partial charge in [0.1, 0.15) is 6.10 Å². The summed E-state index contributed by atoms with van der Waals surface area (Å²) in [6, 6.07) is 3.76. The Morgan fingerprint density at radius 3 is 2.67 bits per heavy atom. The smallest absolute Gasteiger partial charge is 0.217 e. The number of fused-ring (bicyclic) bond motifs is 3. The summed E-state index contributed by atoms with van der Waals surface area (Å²) in [5.41, 5.74) is 0.764. The summed E-state index contributed by atoms with van der Waals surface area (Å²) in [6.07, 6.45) is 0.386. The standard InChI is InChI=1S/C20H27NO6/c1-21-8-7-18-9-12(22)17(25-3)20(26-4)19(18,21)10-14(27-20)11-5-6-13(24-2)16(23)15(11)18/h5-6,12,14,17,22-23H,7-10H2,1-4H3. The fourth-order valence-electron chi connectivity index (χ4n) is 6.90. The van der Waals surface area contributed by atoms with Crippen molar-refractivity contribution in [1.29, 1.82) is 0 Å². The topological polar surface area (TPSA) is 80.6 Å². The van der Waals surface area contributed by atoms with Crippen molar-refractivity contribution >= 4 is 0 Å². The van der Waals surface area contributed by atoms with Crippen LogP contribution in [0.4, 0.5) is 0 Å². The summed E-state index contributed by atoms with van der Waals surface area (Å²) < 4.78 is 23.8. The average Bonchev–Trinajstić information content (AvgIpc) is 3.15. The molecule has 4 aliphatic rings. The Balaban J connectivity index is 1.87. The van der Waals surface area contributed by atoms with E-state index in [-0.39, 0.29) is 11.9 Å². The SMILES string of the molecule is COc1ccc2c(c1O)C13CCN(C)C14CC2OC4(OC)C(OC)C(O)C3. The third-order valence-electron chi connectivity index (χ3n) is 7.75. The van der Waals surface area contributed by atoms with Gasteiger partial charge in [-0.1, -0.05) is 6.07 Å². The van der Waals surface area contributed by atoms with E-state index in [0.717, 1.165) is 30.5 Å². The lowest BCUT2D eigenvalue weighted by atomic mass is 9.50. The second kappa shape index (κ2) is 5.36. The van der Waals surface area contributed by atoms with Gasteiger partial charge in [-0.3, -0.25) is 4.90 Å². The summed E-state index contributed by atoms with van der Waals surface area (Å²) in [6.45, 7) is 0.820. The highest BCUT2D eigenvalue weighted by Crippen LogP contribution is 2.73. The van der Waals surface area contributed by atoms with Crippen molar-refractivity contribution in [1.82, 2.24) is 4.90 Å². The number of phenolic OH excluding ortho intramolecular Hbond substituents is 1. The molecule has 2 heterocycles. The Hall–Kier alpha value is -1.38. The zero-order valence-corrected chi connectivity index (χ0v) is 16.2. The Kier molecular flexibility index (Phi) is 3.51. The lowest BCUT2D eigenvalue weighted by molar-refractivity contribution is -0.339. The summed E-state index contributed by atoms with van der Waals surface area (Å²) in [5, 5.41) is 22.2. The van der Waals surface area contributed by atoms with E-state index >= 15 is 0 Å². The van der Waals surface area contributed by atoms with Crippen molar-refractivity contribution in [2.45, 2.75) is 54.3 Å². The molecule has 0 amide bonds. The highest BCUT2D eigenvalue weighted by molar-refractivity contribution is 5.61. The van der Waals surface area contributed by atoms with Crippen molar-refractivity contribution in [2.75, 3.05) is 34.9 Å². The number of phenols is 1. The van der Waals surface area contributed by atoms with E-state index in [1.807, 2.05) is 6.07 Å². The molecule has 6 unspecified atom stereocenters. The number of nitrogens with zero attached hydrogens (tertiary/aromatic N) is 1. The van der Waals surface area contributed by atoms with Gasteiger partial charge in [0, 0.05) is 31.6 Å². The van der Waals surface area contributed by atoms with Crippen molar-refractivity contribution in [3.8, 4) is 11.5 Å². The molecule has 5 rings (SSSR count). The normalized spacial score (nSPS) is 44.9. The first-order valence-electron chi connectivity index (χ1n) is 9.48. The second-order valence-electron chi connectivity index (χ2n) is 8.30. The van der Waals surface area contributed by atoms with Crippen molar-refractivity contribution in [2.24, 2.45) is 0 Å². The maximum atomic E-state index is 11.1. The van der Waals surface area contributed by atoms with Gasteiger partial charge < -0.3 is 29.2 Å². The largest absolute Gasteiger partial charge is 0.504 e. The fourth-order valence-corrected chi connectivity index (χ4v) is 6.90. The molecule has 2 aliphatic carbocycles. The van der Waals surface area contributed by atoms with E-state index in [0.29, 0.717) is 12.2 Å². The average molecular weight is 377 g/mol. The van der Waals surface area contributed by atoms with Gasteiger partial charge in [-0.05, 0) is 38.1 Å². The van der Waals surface area contributed by atoms with E-state index in [4.69, 9.17) is 18.9 Å². The molecule has 2 saturated heterocycles. The molecule has 0 radical (unpaired) electrons. The molecule has 2 N–H and O–H groups in total. The highest BCUT2D eigenvalue weighted by atomic mass is 16.7. The maximum absolute atomic E-state index is 11.1. The zero-order valence-electron chi connectivity index (χ0n) is 16.2. The molecule has 2 bridgehead atoms. The molecule has 148 valence electrons. The molecule has 7 heteroatoms. The molecule has 7 nitrogen and oxygen atoms in total. The number of ether oxygens (including phenoxy) is 4. The number of aliphatic hydroxyl groups is 1. The molecule has 1 saturated carbocycles. The number of benzene rings is 1. The Morgan fingerprint density at radius 1 is 1.22 bits per heavy atom. The van der Waals surface area contributed by atoms with Gasteiger partial charge in [-0.25, -0.2) is 0 Å². The monoisotopic (exact) mass is 377 g/mol. The predicted octanol–water partition coefficient (Wildman–Crippen LogP) is 1.31. The van der Waals surface area contributed by atoms with Crippen molar-refractivity contribution < 1.29 is 29.2 Å². The van der Waals surface area contributed by atoms with E-state index < -0.39 is 28.9 Å². The molecular weight excluding hydrogens is 350 g/mol. The number of rotatable bonds is 3. The lowest BCUT2D eigenvalue weighted by Crippen LogP contribution is -2.77. The van der Waals surface area contributed by atoms with Crippen LogP contribution in [0, 0.1) is 0 Å². The molecule has 1 aromatic rings. The highest BCUT2D eigenvalue weighted by Gasteiger charge is 2.82. The number of hydrogen-bond acceptors (Lipinski definition) is 7. The van der Waals surface area contributed by atoms with Crippen LogP contribution in [0.1, 0.15) is 36.5 Å². The fraction of sp³-hybridized carbons (Fsp3) is 0.700. The number of aliphatic hydroxyl groups excluding tert-OH is 1. The Morgan fingerprint density at radius 2 is 2.00 bits per heavy atom. The van der Waals surface area contributed by atoms with Crippen LogP contribution in [-0.2, 0) is 19.6 Å². The van der Waals surface area contributed by atoms with Crippen LogP contribution < -0.4 is 4.74 Å². The van der Waals surface area contributed by atoms with E-state index in [2.05, 4.69) is 11.9 Å². The van der Waals surface area contributed by atoms with Crippen LogP contribution in [0.3, 0.4) is 0 Å². The number of methoxy groups -OCH3 is 3. The maximum Gasteiger partial charge on any atom is 0.217 e. The Labute approximate surface area is 158 Å². The Bertz CT molecular complexity index is 801. The zero-order chi connectivity index (χ0) is 19.2. The van der Waals surface area contributed by atoms with Gasteiger partial charge >= 0.3 is 0 Å². The summed E-state index contributed by atoms with van der Waals surface area (Å²) in [7, 11) is 6.85. The minimum Gasteiger partial charge on any atom is -0.504 e. The quantitative estimate of drug-likeness (QED) is 0.822. The van der Waals surface area contributed by atoms with Crippen LogP contribution in [0.15, 0.2) is 12.1 Å². The first kappa shape index (κ1) is 17.7. The third kappa shape index (κ3) is 1.64. The van der Waals surface area contributed by atoms with Crippen LogP contribution in [0.5, 0.6) is 11.5 Å². The van der Waals surface area contributed by atoms with Crippen LogP contribution >= 0.6 is 0 Å². The van der Waals surface area contributed by atoms with Gasteiger partial charge in [-0.2, -0.15) is 0 Å². The number of aromatic hydroxyl groups is 1. The summed E-state index contributed by atoms with van der Waals surface area (Å²) in [5.74, 6) is -0.521. The number of likely N-dealkylation sites (N-methyl/N-ethyl adjacent to an activating group) is 1. The summed E-state index contributed by atoms with van der Waals surface area (Å²) in [4.78, 5) is 2.29. The van der Waals surface area contributed by atoms with E-state index in [1.165, 1.54) is 0 Å². The lowest BCUT2D eigenvalue weighted by Gasteiger charge is -2.61. The minimum atomic E-state index is -1.12. The number of hydrogen-bond donors (Lipinski definition) is 2. The molecule has 0 aromatic heterocycles.